The molecule has 21 heavy (non-hydrogen) atoms. The van der Waals surface area contributed by atoms with Crippen LogP contribution in [-0.4, -0.2) is 41.9 Å². The molecule has 1 aromatic rings. The minimum absolute atomic E-state index is 0.0123. The molecule has 1 rings (SSSR count). The summed E-state index contributed by atoms with van der Waals surface area (Å²) in [6, 6.07) is 1.91. The zero-order valence-electron chi connectivity index (χ0n) is 11.9. The van der Waals surface area contributed by atoms with Crippen LogP contribution in [0.15, 0.2) is 12.1 Å². The lowest BCUT2D eigenvalue weighted by Gasteiger charge is -2.20. The molecule has 0 bridgehead atoms. The van der Waals surface area contributed by atoms with Gasteiger partial charge in [0.15, 0.2) is 0 Å². The highest BCUT2D eigenvalue weighted by Crippen LogP contribution is 2.22. The molecule has 0 fully saturated rings. The van der Waals surface area contributed by atoms with Gasteiger partial charge >= 0.3 is 5.97 Å². The molecule has 0 saturated carbocycles. The molecule has 0 aliphatic heterocycles. The van der Waals surface area contributed by atoms with Gasteiger partial charge in [0.05, 0.1) is 17.6 Å². The van der Waals surface area contributed by atoms with Gasteiger partial charge in [0.2, 0.25) is 0 Å². The molecule has 7 nitrogen and oxygen atoms in total. The topological polar surface area (TPSA) is 89.8 Å². The molecule has 0 aliphatic rings. The van der Waals surface area contributed by atoms with E-state index in [0.29, 0.717) is 0 Å². The number of carbonyl (C=O) groups excluding carboxylic acids is 2. The van der Waals surface area contributed by atoms with Crippen molar-refractivity contribution in [2.24, 2.45) is 0 Å². The Kier molecular flexibility index (Phi) is 5.34. The number of methoxy groups -OCH3 is 1. The number of nitrogens with zero attached hydrogens (tertiary/aromatic N) is 2. The SMILES string of the molecule is CCN(CC(=O)OC)C(=O)c1cc([N+](=O)[O-])cc(C)c1F. The number of benzene rings is 1. The van der Waals surface area contributed by atoms with Crippen molar-refractivity contribution < 1.29 is 23.6 Å². The Balaban J connectivity index is 3.21. The van der Waals surface area contributed by atoms with E-state index in [-0.39, 0.29) is 24.3 Å². The average molecular weight is 298 g/mol. The highest BCUT2D eigenvalue weighted by Gasteiger charge is 2.24. The molecule has 114 valence electrons. The third-order valence-electron chi connectivity index (χ3n) is 2.90. The number of ether oxygens (including phenoxy) is 1. The lowest BCUT2D eigenvalue weighted by atomic mass is 10.1. The first kappa shape index (κ1) is 16.5. The largest absolute Gasteiger partial charge is 0.468 e. The monoisotopic (exact) mass is 298 g/mol. The number of likely N-dealkylation sites (N-methyl/N-ethyl adjacent to an activating group) is 1. The number of non-ortho nitro benzene ring substituents is 1. The number of esters is 1. The minimum atomic E-state index is -0.839. The number of aryl methyl sites for hydroxylation is 1. The molecule has 0 atom stereocenters. The van der Waals surface area contributed by atoms with Gasteiger partial charge in [-0.1, -0.05) is 0 Å². The van der Waals surface area contributed by atoms with Gasteiger partial charge in [-0.15, -0.1) is 0 Å². The summed E-state index contributed by atoms with van der Waals surface area (Å²) < 4.78 is 18.5. The van der Waals surface area contributed by atoms with E-state index in [1.165, 1.54) is 14.0 Å². The van der Waals surface area contributed by atoms with Crippen LogP contribution in [0.5, 0.6) is 0 Å². The zero-order valence-corrected chi connectivity index (χ0v) is 11.9. The van der Waals surface area contributed by atoms with Gasteiger partial charge in [-0.25, -0.2) is 4.39 Å². The standard InChI is InChI=1S/C13H15FN2O5/c1-4-15(7-11(17)21-3)13(18)10-6-9(16(19)20)5-8(2)12(10)14/h5-6H,4,7H2,1-3H3. The molecule has 1 amide bonds. The van der Waals surface area contributed by atoms with E-state index in [4.69, 9.17) is 0 Å². The molecule has 1 aromatic carbocycles. The maximum atomic E-state index is 14.0. The summed E-state index contributed by atoms with van der Waals surface area (Å²) in [6.07, 6.45) is 0. The summed E-state index contributed by atoms with van der Waals surface area (Å²) in [5.41, 5.74) is -0.833. The smallest absolute Gasteiger partial charge is 0.325 e. The van der Waals surface area contributed by atoms with E-state index in [9.17, 15) is 24.1 Å². The highest BCUT2D eigenvalue weighted by atomic mass is 19.1. The molecule has 0 unspecified atom stereocenters. The molecule has 0 heterocycles. The van der Waals surface area contributed by atoms with Crippen molar-refractivity contribution >= 4 is 17.6 Å². The quantitative estimate of drug-likeness (QED) is 0.468. The number of amides is 1. The van der Waals surface area contributed by atoms with E-state index in [0.717, 1.165) is 17.0 Å². The molecule has 8 heteroatoms. The van der Waals surface area contributed by atoms with Gasteiger partial charge in [0.25, 0.3) is 11.6 Å². The summed E-state index contributed by atoms with van der Waals surface area (Å²) in [5, 5.41) is 10.8. The van der Waals surface area contributed by atoms with Crippen molar-refractivity contribution in [3.05, 3.63) is 39.2 Å². The Hall–Kier alpha value is -2.51. The first-order chi connectivity index (χ1) is 9.81. The van der Waals surface area contributed by atoms with E-state index in [2.05, 4.69) is 4.74 Å². The molecular formula is C13H15FN2O5. The molecule has 0 saturated heterocycles. The second-order valence-corrected chi connectivity index (χ2v) is 4.28. The van der Waals surface area contributed by atoms with E-state index in [1.807, 2.05) is 0 Å². The van der Waals surface area contributed by atoms with Crippen molar-refractivity contribution in [3.63, 3.8) is 0 Å². The maximum absolute atomic E-state index is 14.0. The van der Waals surface area contributed by atoms with Crippen LogP contribution in [0.1, 0.15) is 22.8 Å². The highest BCUT2D eigenvalue weighted by molar-refractivity contribution is 5.97. The molecular weight excluding hydrogens is 283 g/mol. The predicted molar refractivity (Wildman–Crippen MR) is 71.4 cm³/mol. The lowest BCUT2D eigenvalue weighted by molar-refractivity contribution is -0.385. The van der Waals surface area contributed by atoms with E-state index < -0.39 is 28.2 Å². The van der Waals surface area contributed by atoms with Gasteiger partial charge in [0, 0.05) is 18.7 Å². The molecule has 0 aromatic heterocycles. The van der Waals surface area contributed by atoms with Gasteiger partial charge < -0.3 is 9.64 Å². The fourth-order valence-corrected chi connectivity index (χ4v) is 1.73. The third-order valence-corrected chi connectivity index (χ3v) is 2.90. The number of halogens is 1. The number of nitro groups is 1. The van der Waals surface area contributed by atoms with E-state index >= 15 is 0 Å². The second-order valence-electron chi connectivity index (χ2n) is 4.28. The lowest BCUT2D eigenvalue weighted by Crippen LogP contribution is -2.36. The van der Waals surface area contributed by atoms with Crippen LogP contribution in [0.4, 0.5) is 10.1 Å². The van der Waals surface area contributed by atoms with Crippen LogP contribution in [0.2, 0.25) is 0 Å². The Morgan fingerprint density at radius 2 is 2.05 bits per heavy atom. The van der Waals surface area contributed by atoms with Gasteiger partial charge in [-0.05, 0) is 19.4 Å². The van der Waals surface area contributed by atoms with Crippen molar-refractivity contribution in [2.45, 2.75) is 13.8 Å². The summed E-state index contributed by atoms with van der Waals surface area (Å²) in [6.45, 7) is 2.71. The molecule has 0 N–H and O–H groups in total. The number of rotatable bonds is 5. The first-order valence-corrected chi connectivity index (χ1v) is 6.12. The molecule has 0 aliphatic carbocycles. The van der Waals surface area contributed by atoms with Gasteiger partial charge in [-0.2, -0.15) is 0 Å². The Bertz CT molecular complexity index is 588. The molecule has 0 spiro atoms. The van der Waals surface area contributed by atoms with Crippen molar-refractivity contribution in [1.82, 2.24) is 4.90 Å². The average Bonchev–Trinajstić information content (AvgIpc) is 2.46. The summed E-state index contributed by atoms with van der Waals surface area (Å²) in [5.74, 6) is -2.30. The number of carbonyl (C=O) groups is 2. The van der Waals surface area contributed by atoms with Gasteiger partial charge in [-0.3, -0.25) is 19.7 Å². The fraction of sp³-hybridized carbons (Fsp3) is 0.385. The van der Waals surface area contributed by atoms with Crippen LogP contribution in [0.25, 0.3) is 0 Å². The predicted octanol–water partition coefficient (Wildman–Crippen LogP) is 1.68. The maximum Gasteiger partial charge on any atom is 0.325 e. The third kappa shape index (κ3) is 3.74. The number of hydrogen-bond acceptors (Lipinski definition) is 5. The fourth-order valence-electron chi connectivity index (χ4n) is 1.73. The van der Waals surface area contributed by atoms with Crippen molar-refractivity contribution in [2.75, 3.05) is 20.2 Å². The van der Waals surface area contributed by atoms with Gasteiger partial charge in [0.1, 0.15) is 12.4 Å². The zero-order chi connectivity index (χ0) is 16.2. The normalized spacial score (nSPS) is 10.1. The minimum Gasteiger partial charge on any atom is -0.468 e. The Morgan fingerprint density at radius 1 is 1.43 bits per heavy atom. The second kappa shape index (κ2) is 6.78. The number of nitro benzene ring substituents is 1. The summed E-state index contributed by atoms with van der Waals surface area (Å²) >= 11 is 0. The van der Waals surface area contributed by atoms with E-state index in [1.54, 1.807) is 6.92 Å². The summed E-state index contributed by atoms with van der Waals surface area (Å²) in [4.78, 5) is 34.6. The van der Waals surface area contributed by atoms with Crippen LogP contribution < -0.4 is 0 Å². The first-order valence-electron chi connectivity index (χ1n) is 6.12. The summed E-state index contributed by atoms with van der Waals surface area (Å²) in [7, 11) is 1.17. The van der Waals surface area contributed by atoms with Crippen LogP contribution >= 0.6 is 0 Å². The number of hydrogen-bond donors (Lipinski definition) is 0. The van der Waals surface area contributed by atoms with Crippen LogP contribution in [0.3, 0.4) is 0 Å². The Labute approximate surface area is 120 Å². The van der Waals surface area contributed by atoms with Crippen molar-refractivity contribution in [3.8, 4) is 0 Å². The molecule has 0 radical (unpaired) electrons. The van der Waals surface area contributed by atoms with Crippen LogP contribution in [0, 0.1) is 22.9 Å². The van der Waals surface area contributed by atoms with Crippen molar-refractivity contribution in [1.29, 1.82) is 0 Å². The Morgan fingerprint density at radius 3 is 2.52 bits per heavy atom. The van der Waals surface area contributed by atoms with Crippen LogP contribution in [-0.2, 0) is 9.53 Å².